The van der Waals surface area contributed by atoms with Crippen LogP contribution in [0.2, 0.25) is 10.0 Å². The molecule has 8 N–H and O–H groups in total. The van der Waals surface area contributed by atoms with Crippen LogP contribution in [-0.2, 0) is 9.53 Å². The molecule has 22 nitrogen and oxygen atoms in total. The first-order valence-electron chi connectivity index (χ1n) is 23.7. The molecule has 27 heteroatoms. The molecule has 0 aliphatic carbocycles. The lowest BCUT2D eigenvalue weighted by Gasteiger charge is -2.19. The van der Waals surface area contributed by atoms with Gasteiger partial charge in [-0.15, -0.1) is 0 Å². The number of alkyl carbamates (subject to hydrolysis) is 1. The van der Waals surface area contributed by atoms with Crippen LogP contribution in [0.4, 0.5) is 41.0 Å². The third-order valence-corrected chi connectivity index (χ3v) is 10.3. The van der Waals surface area contributed by atoms with E-state index in [1.165, 1.54) is 87.2 Å². The molecule has 5 amide bonds. The summed E-state index contributed by atoms with van der Waals surface area (Å²) in [5, 5.41) is 21.2. The van der Waals surface area contributed by atoms with Crippen molar-refractivity contribution in [2.45, 2.75) is 59.2 Å². The Hall–Kier alpha value is -9.07. The molecule has 0 unspecified atom stereocenters. The summed E-state index contributed by atoms with van der Waals surface area (Å²) in [5.74, 6) is -4.43. The number of aromatic nitrogens is 4. The van der Waals surface area contributed by atoms with Crippen LogP contribution in [0.25, 0.3) is 0 Å². The van der Waals surface area contributed by atoms with Crippen molar-refractivity contribution in [1.82, 2.24) is 25.3 Å². The van der Waals surface area contributed by atoms with Crippen LogP contribution < -0.4 is 41.8 Å². The van der Waals surface area contributed by atoms with Gasteiger partial charge in [0.2, 0.25) is 0 Å². The summed E-state index contributed by atoms with van der Waals surface area (Å²) < 4.78 is 48.4. The Kier molecular flexibility index (Phi) is 23.9. The molecule has 0 atom stereocenters. The number of ether oxygens (including phenoxy) is 3. The second kappa shape index (κ2) is 30.2. The van der Waals surface area contributed by atoms with E-state index in [1.807, 2.05) is 0 Å². The molecule has 80 heavy (non-hydrogen) atoms. The second-order valence-corrected chi connectivity index (χ2v) is 18.2. The first-order chi connectivity index (χ1) is 37.8. The van der Waals surface area contributed by atoms with E-state index in [9.17, 15) is 46.7 Å². The first-order valence-corrected chi connectivity index (χ1v) is 24.4. The smallest absolute Gasteiger partial charge is 0.490 e. The van der Waals surface area contributed by atoms with Crippen LogP contribution in [0.5, 0.6) is 11.5 Å². The van der Waals surface area contributed by atoms with Crippen LogP contribution in [-0.4, -0.2) is 110 Å². The maximum absolute atomic E-state index is 13.3. The topological polar surface area (TPSA) is 322 Å². The summed E-state index contributed by atoms with van der Waals surface area (Å²) in [5.41, 5.74) is 6.30. The Balaban J connectivity index is 0.000000312. The number of ketones is 2. The Morgan fingerprint density at radius 2 is 1.02 bits per heavy atom. The Bertz CT molecular complexity index is 3180. The molecule has 4 heterocycles. The van der Waals surface area contributed by atoms with Gasteiger partial charge in [-0.3, -0.25) is 28.8 Å². The number of carboxylic acid groups (broad SMARTS) is 1. The van der Waals surface area contributed by atoms with E-state index in [0.717, 1.165) is 0 Å². The minimum atomic E-state index is -5.08. The van der Waals surface area contributed by atoms with Crippen LogP contribution in [0.3, 0.4) is 0 Å². The lowest BCUT2D eigenvalue weighted by atomic mass is 10.1. The summed E-state index contributed by atoms with van der Waals surface area (Å²) in [6.07, 6.45) is 0.999. The largest absolute Gasteiger partial charge is 0.493 e. The van der Waals surface area contributed by atoms with E-state index < -0.39 is 47.5 Å². The molecule has 0 aliphatic heterocycles. The number of alkyl halides is 3. The number of nitrogens with two attached hydrogens (primary N) is 1. The highest BCUT2D eigenvalue weighted by Gasteiger charge is 2.38. The van der Waals surface area contributed by atoms with Gasteiger partial charge in [-0.1, -0.05) is 35.3 Å². The first kappa shape index (κ1) is 63.5. The van der Waals surface area contributed by atoms with Crippen LogP contribution in [0, 0.1) is 0 Å². The number of nitrogens with zero attached hydrogens (tertiary/aromatic N) is 4. The summed E-state index contributed by atoms with van der Waals surface area (Å²) in [7, 11) is 0. The molecule has 422 valence electrons. The maximum atomic E-state index is 13.3. The number of nitrogens with one attached hydrogen (secondary N) is 5. The Labute approximate surface area is 465 Å². The second-order valence-electron chi connectivity index (χ2n) is 17.3. The zero-order valence-corrected chi connectivity index (χ0v) is 44.8. The standard InChI is InChI=1S/C28H30ClN5O6.C23H22ClN5O4.C2HF3O2/c1-17(35)18-8-10-20(22(15-18)39-14-6-13-31-27(38)40-28(2,3)4)25(36)33-21-7-5-12-30-24(21)26(37)34-23-11-9-19(29)16-32-23;1-14(30)15-5-7-17(19(12-15)33-11-3-9-25)22(31)28-18-4-2-10-26-21(18)23(32)29-20-8-6-16(24)13-27-20;3-2(4,5)1(6)7/h5,7-12,15-16H,6,13-14H2,1-4H3,(H,31,38)(H,33,36)(H,32,34,37);2,4-8,10,12-13H,3,9,11,25H2,1H3,(H,28,31)(H,27,29,32);(H,6,7). The monoisotopic (exact) mass is 1150 g/mol. The SMILES string of the molecule is CC(=O)c1ccc(C(=O)Nc2cccnc2C(=O)Nc2ccc(Cl)cn2)c(OCCCN)c1.CC(=O)c1ccc(C(=O)Nc2cccnc2C(=O)Nc2ccc(Cl)cn2)c(OCCCNC(=O)OC(C)(C)C)c1.O=C(O)C(F)(F)F. The fraction of sp³-hybridized carbons (Fsp3) is 0.245. The third kappa shape index (κ3) is 21.0. The van der Waals surface area contributed by atoms with Crippen LogP contribution in [0.15, 0.2) is 110 Å². The van der Waals surface area contributed by atoms with E-state index in [0.29, 0.717) is 40.6 Å². The van der Waals surface area contributed by atoms with Gasteiger partial charge in [0.05, 0.1) is 45.8 Å². The number of hydrogen-bond donors (Lipinski definition) is 7. The minimum Gasteiger partial charge on any atom is -0.493 e. The van der Waals surface area contributed by atoms with Crippen molar-refractivity contribution in [2.75, 3.05) is 47.6 Å². The average Bonchev–Trinajstić information content (AvgIpc) is 3.41. The normalized spacial score (nSPS) is 10.7. The van der Waals surface area contributed by atoms with Gasteiger partial charge in [-0.05, 0) is 127 Å². The van der Waals surface area contributed by atoms with E-state index >= 15 is 0 Å². The Morgan fingerprint density at radius 1 is 0.600 bits per heavy atom. The fourth-order valence-corrected chi connectivity index (χ4v) is 6.35. The van der Waals surface area contributed by atoms with Gasteiger partial charge in [-0.2, -0.15) is 13.2 Å². The molecular formula is C53H53Cl2F3N10O12. The number of aliphatic carboxylic acids is 1. The number of pyridine rings is 4. The van der Waals surface area contributed by atoms with Gasteiger partial charge < -0.3 is 51.6 Å². The van der Waals surface area contributed by atoms with Gasteiger partial charge in [0.15, 0.2) is 23.0 Å². The van der Waals surface area contributed by atoms with Crippen molar-refractivity contribution in [3.8, 4) is 11.5 Å². The molecule has 0 radical (unpaired) electrons. The molecule has 4 aromatic heterocycles. The van der Waals surface area contributed by atoms with Crippen molar-refractivity contribution in [3.05, 3.63) is 153 Å². The van der Waals surface area contributed by atoms with E-state index in [2.05, 4.69) is 46.5 Å². The summed E-state index contributed by atoms with van der Waals surface area (Å²) in [6, 6.07) is 21.5. The molecule has 6 aromatic rings. The zero-order chi connectivity index (χ0) is 59.2. The predicted octanol–water partition coefficient (Wildman–Crippen LogP) is 9.33. The number of Topliss-reactive ketones (excluding diaryl/α,β-unsaturated/α-hetero) is 2. The van der Waals surface area contributed by atoms with Crippen molar-refractivity contribution in [2.24, 2.45) is 5.73 Å². The Morgan fingerprint density at radius 3 is 1.39 bits per heavy atom. The number of carbonyl (C=O) groups is 8. The molecule has 6 rings (SSSR count). The number of benzene rings is 2. The molecular weight excluding hydrogens is 1100 g/mol. The molecule has 0 spiro atoms. The summed E-state index contributed by atoms with van der Waals surface area (Å²) >= 11 is 11.7. The number of amides is 5. The highest BCUT2D eigenvalue weighted by Crippen LogP contribution is 2.26. The molecule has 0 bridgehead atoms. The van der Waals surface area contributed by atoms with Gasteiger partial charge in [0, 0.05) is 42.5 Å². The molecule has 0 saturated carbocycles. The number of halogens is 5. The van der Waals surface area contributed by atoms with E-state index in [4.69, 9.17) is 53.0 Å². The lowest BCUT2D eigenvalue weighted by Crippen LogP contribution is -2.33. The summed E-state index contributed by atoms with van der Waals surface area (Å²) in [4.78, 5) is 113. The highest BCUT2D eigenvalue weighted by molar-refractivity contribution is 6.30. The molecule has 2 aromatic carbocycles. The predicted molar refractivity (Wildman–Crippen MR) is 289 cm³/mol. The summed E-state index contributed by atoms with van der Waals surface area (Å²) in [6.45, 7) is 9.25. The van der Waals surface area contributed by atoms with Gasteiger partial charge in [0.1, 0.15) is 28.7 Å². The van der Waals surface area contributed by atoms with Gasteiger partial charge in [-0.25, -0.2) is 29.5 Å². The molecule has 0 fully saturated rings. The minimum absolute atomic E-state index is 0.00597. The van der Waals surface area contributed by atoms with Crippen molar-refractivity contribution < 1.29 is 70.8 Å². The van der Waals surface area contributed by atoms with E-state index in [1.54, 1.807) is 57.2 Å². The quantitative estimate of drug-likeness (QED) is 0.0293. The number of rotatable bonds is 19. The lowest BCUT2D eigenvalue weighted by molar-refractivity contribution is -0.192. The number of carbonyl (C=O) groups excluding carboxylic acids is 7. The van der Waals surface area contributed by atoms with Crippen LogP contribution in [0.1, 0.15) is 110 Å². The van der Waals surface area contributed by atoms with Crippen molar-refractivity contribution >= 4 is 93.5 Å². The average molecular weight is 1150 g/mol. The molecule has 0 saturated heterocycles. The molecule has 0 aliphatic rings. The van der Waals surface area contributed by atoms with Crippen molar-refractivity contribution in [1.29, 1.82) is 0 Å². The highest BCUT2D eigenvalue weighted by atomic mass is 35.5. The fourth-order valence-electron chi connectivity index (χ4n) is 6.13. The number of carboxylic acids is 1. The maximum Gasteiger partial charge on any atom is 0.490 e. The van der Waals surface area contributed by atoms with Gasteiger partial charge >= 0.3 is 18.2 Å². The number of hydrogen-bond acceptors (Lipinski definition) is 16. The number of anilines is 4. The van der Waals surface area contributed by atoms with E-state index in [-0.39, 0.29) is 88.3 Å². The van der Waals surface area contributed by atoms with Gasteiger partial charge in [0.25, 0.3) is 23.6 Å². The third-order valence-electron chi connectivity index (χ3n) is 9.84. The van der Waals surface area contributed by atoms with Crippen LogP contribution >= 0.6 is 23.2 Å². The van der Waals surface area contributed by atoms with Crippen molar-refractivity contribution in [3.63, 3.8) is 0 Å². The zero-order valence-electron chi connectivity index (χ0n) is 43.3.